The van der Waals surface area contributed by atoms with E-state index in [0.717, 1.165) is 18.4 Å². The lowest BCUT2D eigenvalue weighted by Gasteiger charge is -2.17. The van der Waals surface area contributed by atoms with Crippen molar-refractivity contribution in [2.75, 3.05) is 27.8 Å². The molecule has 0 aliphatic carbocycles. The summed E-state index contributed by atoms with van der Waals surface area (Å²) in [5.74, 6) is 1.20. The predicted molar refractivity (Wildman–Crippen MR) is 97.9 cm³/mol. The Bertz CT molecular complexity index is 774. The number of benzene rings is 2. The molecule has 0 saturated carbocycles. The summed E-state index contributed by atoms with van der Waals surface area (Å²) >= 11 is 0. The first-order chi connectivity index (χ1) is 12.5. The quantitative estimate of drug-likeness (QED) is 0.534. The maximum absolute atomic E-state index is 12.4. The van der Waals surface area contributed by atoms with Crippen molar-refractivity contribution in [3.05, 3.63) is 63.7 Å². The fraction of sp³-hybridized carbons (Fsp3) is 0.316. The normalized spacial score (nSPS) is 10.3. The van der Waals surface area contributed by atoms with Gasteiger partial charge in [0.2, 0.25) is 0 Å². The van der Waals surface area contributed by atoms with Crippen molar-refractivity contribution in [2.24, 2.45) is 0 Å². The molecule has 0 saturated heterocycles. The van der Waals surface area contributed by atoms with Crippen LogP contribution in [-0.2, 0) is 6.42 Å². The van der Waals surface area contributed by atoms with Crippen LogP contribution in [0.4, 0.5) is 5.69 Å². The maximum atomic E-state index is 12.4. The van der Waals surface area contributed by atoms with Crippen LogP contribution in [0.2, 0.25) is 0 Å². The average Bonchev–Trinajstić information content (AvgIpc) is 2.67. The van der Waals surface area contributed by atoms with Gasteiger partial charge in [0.05, 0.1) is 19.1 Å². The van der Waals surface area contributed by atoms with E-state index < -0.39 is 4.92 Å². The van der Waals surface area contributed by atoms with E-state index in [0.29, 0.717) is 23.6 Å². The number of hydrogen-bond acceptors (Lipinski definition) is 5. The highest BCUT2D eigenvalue weighted by atomic mass is 16.6. The third-order valence-electron chi connectivity index (χ3n) is 4.08. The van der Waals surface area contributed by atoms with Crippen molar-refractivity contribution in [1.29, 1.82) is 0 Å². The Kier molecular flexibility index (Phi) is 6.54. The molecule has 0 radical (unpaired) electrons. The first kappa shape index (κ1) is 19.2. The summed E-state index contributed by atoms with van der Waals surface area (Å²) in [7, 11) is 4.91. The molecule has 2 rings (SSSR count). The second-order valence-electron chi connectivity index (χ2n) is 5.82. The molecule has 0 N–H and O–H groups in total. The number of carbonyl (C=O) groups excluding carboxylic acids is 1. The van der Waals surface area contributed by atoms with Crippen molar-refractivity contribution in [3.8, 4) is 11.5 Å². The predicted octanol–water partition coefficient (Wildman–Crippen LogP) is 3.32. The van der Waals surface area contributed by atoms with E-state index in [2.05, 4.69) is 0 Å². The monoisotopic (exact) mass is 358 g/mol. The molecule has 0 aliphatic rings. The van der Waals surface area contributed by atoms with Crippen LogP contribution in [0.1, 0.15) is 22.3 Å². The Balaban J connectivity index is 1.90. The van der Waals surface area contributed by atoms with Gasteiger partial charge in [-0.1, -0.05) is 6.07 Å². The number of nitro groups is 1. The van der Waals surface area contributed by atoms with Crippen molar-refractivity contribution in [2.45, 2.75) is 12.8 Å². The van der Waals surface area contributed by atoms with Gasteiger partial charge >= 0.3 is 0 Å². The maximum Gasteiger partial charge on any atom is 0.269 e. The summed E-state index contributed by atoms with van der Waals surface area (Å²) in [5.41, 5.74) is 1.50. The van der Waals surface area contributed by atoms with E-state index in [9.17, 15) is 14.9 Å². The molecule has 2 aromatic carbocycles. The van der Waals surface area contributed by atoms with Crippen LogP contribution in [0.5, 0.6) is 11.5 Å². The number of aryl methyl sites for hydroxylation is 1. The molecule has 0 heterocycles. The molecular weight excluding hydrogens is 336 g/mol. The van der Waals surface area contributed by atoms with Crippen LogP contribution in [0.25, 0.3) is 0 Å². The Labute approximate surface area is 152 Å². The first-order valence-corrected chi connectivity index (χ1v) is 8.17. The molecule has 0 fully saturated rings. The van der Waals surface area contributed by atoms with Crippen LogP contribution in [0, 0.1) is 10.1 Å². The van der Waals surface area contributed by atoms with Crippen molar-refractivity contribution >= 4 is 11.6 Å². The molecule has 0 bridgehead atoms. The molecule has 2 aromatic rings. The summed E-state index contributed by atoms with van der Waals surface area (Å²) in [4.78, 5) is 24.2. The van der Waals surface area contributed by atoms with Gasteiger partial charge in [0.1, 0.15) is 0 Å². The smallest absolute Gasteiger partial charge is 0.269 e. The number of amides is 1. The van der Waals surface area contributed by atoms with E-state index in [1.54, 1.807) is 26.2 Å². The largest absolute Gasteiger partial charge is 0.493 e. The summed E-state index contributed by atoms with van der Waals surface area (Å²) in [6.45, 7) is 0.574. The molecule has 7 heteroatoms. The molecular formula is C19H22N2O5. The number of nitrogens with zero attached hydrogens (tertiary/aromatic N) is 2. The molecule has 0 unspecified atom stereocenters. The number of methoxy groups -OCH3 is 2. The molecule has 0 aromatic heterocycles. The van der Waals surface area contributed by atoms with E-state index in [1.807, 2.05) is 18.2 Å². The van der Waals surface area contributed by atoms with E-state index >= 15 is 0 Å². The molecule has 0 aliphatic heterocycles. The Morgan fingerprint density at radius 1 is 1.08 bits per heavy atom. The average molecular weight is 358 g/mol. The van der Waals surface area contributed by atoms with Gasteiger partial charge in [0, 0.05) is 31.3 Å². The molecule has 0 spiro atoms. The zero-order chi connectivity index (χ0) is 19.1. The summed E-state index contributed by atoms with van der Waals surface area (Å²) in [6.07, 6.45) is 1.57. The zero-order valence-corrected chi connectivity index (χ0v) is 15.1. The highest BCUT2D eigenvalue weighted by Gasteiger charge is 2.13. The summed E-state index contributed by atoms with van der Waals surface area (Å²) in [6, 6.07) is 11.4. The SMILES string of the molecule is COc1ccc(CCCN(C)C(=O)c2ccc([N+](=O)[O-])cc2)cc1OC. The standard InChI is InChI=1S/C19H22N2O5/c1-20(19(22)15-7-9-16(10-8-15)21(23)24)12-4-5-14-6-11-17(25-2)18(13-14)26-3/h6-11,13H,4-5,12H2,1-3H3. The fourth-order valence-electron chi connectivity index (χ4n) is 2.60. The van der Waals surface area contributed by atoms with E-state index in [-0.39, 0.29) is 11.6 Å². The van der Waals surface area contributed by atoms with Crippen molar-refractivity contribution < 1.29 is 19.2 Å². The van der Waals surface area contributed by atoms with Gasteiger partial charge in [-0.3, -0.25) is 14.9 Å². The third-order valence-corrected chi connectivity index (χ3v) is 4.08. The van der Waals surface area contributed by atoms with Gasteiger partial charge < -0.3 is 14.4 Å². The van der Waals surface area contributed by atoms with Crippen LogP contribution in [-0.4, -0.2) is 43.5 Å². The van der Waals surface area contributed by atoms with Crippen molar-refractivity contribution in [1.82, 2.24) is 4.90 Å². The fourth-order valence-corrected chi connectivity index (χ4v) is 2.60. The lowest BCUT2D eigenvalue weighted by atomic mass is 10.1. The van der Waals surface area contributed by atoms with Crippen LogP contribution >= 0.6 is 0 Å². The van der Waals surface area contributed by atoms with Gasteiger partial charge in [-0.2, -0.15) is 0 Å². The lowest BCUT2D eigenvalue weighted by molar-refractivity contribution is -0.384. The van der Waals surface area contributed by atoms with Crippen LogP contribution < -0.4 is 9.47 Å². The molecule has 26 heavy (non-hydrogen) atoms. The Morgan fingerprint density at radius 3 is 2.31 bits per heavy atom. The van der Waals surface area contributed by atoms with Gasteiger partial charge in [-0.15, -0.1) is 0 Å². The third kappa shape index (κ3) is 4.72. The second-order valence-corrected chi connectivity index (χ2v) is 5.82. The molecule has 0 atom stereocenters. The minimum absolute atomic E-state index is 0.0299. The molecule has 138 valence electrons. The van der Waals surface area contributed by atoms with Gasteiger partial charge in [0.15, 0.2) is 11.5 Å². The van der Waals surface area contributed by atoms with Gasteiger partial charge in [0.25, 0.3) is 11.6 Å². The number of rotatable bonds is 8. The van der Waals surface area contributed by atoms with Crippen LogP contribution in [0.15, 0.2) is 42.5 Å². The van der Waals surface area contributed by atoms with Crippen molar-refractivity contribution in [3.63, 3.8) is 0 Å². The van der Waals surface area contributed by atoms with E-state index in [1.165, 1.54) is 24.3 Å². The Morgan fingerprint density at radius 2 is 1.73 bits per heavy atom. The van der Waals surface area contributed by atoms with E-state index in [4.69, 9.17) is 9.47 Å². The minimum atomic E-state index is -0.485. The number of ether oxygens (including phenoxy) is 2. The number of nitro benzene ring substituents is 1. The number of hydrogen-bond donors (Lipinski definition) is 0. The highest BCUT2D eigenvalue weighted by molar-refractivity contribution is 5.94. The topological polar surface area (TPSA) is 81.9 Å². The van der Waals surface area contributed by atoms with Gasteiger partial charge in [-0.05, 0) is 42.7 Å². The first-order valence-electron chi connectivity index (χ1n) is 8.17. The van der Waals surface area contributed by atoms with Crippen LogP contribution in [0.3, 0.4) is 0 Å². The lowest BCUT2D eigenvalue weighted by Crippen LogP contribution is -2.28. The van der Waals surface area contributed by atoms with Gasteiger partial charge in [-0.25, -0.2) is 0 Å². The second kappa shape index (κ2) is 8.84. The molecule has 7 nitrogen and oxygen atoms in total. The zero-order valence-electron chi connectivity index (χ0n) is 15.1. The number of non-ortho nitro benzene ring substituents is 1. The molecule has 1 amide bonds. The summed E-state index contributed by atoms with van der Waals surface area (Å²) in [5, 5.41) is 10.7. The Hall–Kier alpha value is -3.09. The highest BCUT2D eigenvalue weighted by Crippen LogP contribution is 2.28. The minimum Gasteiger partial charge on any atom is -0.493 e. The number of carbonyl (C=O) groups is 1. The summed E-state index contributed by atoms with van der Waals surface area (Å²) < 4.78 is 10.5.